The number of hydrogen-bond donors (Lipinski definition) is 0. The van der Waals surface area contributed by atoms with Crippen molar-refractivity contribution in [1.82, 2.24) is 9.88 Å². The van der Waals surface area contributed by atoms with Crippen LogP contribution in [0.1, 0.15) is 36.8 Å². The minimum atomic E-state index is 0.0881. The van der Waals surface area contributed by atoms with E-state index in [0.717, 1.165) is 57.7 Å². The fourth-order valence-corrected chi connectivity index (χ4v) is 4.58. The van der Waals surface area contributed by atoms with Crippen molar-refractivity contribution in [3.05, 3.63) is 66.0 Å². The smallest absolute Gasteiger partial charge is 0.0736 e. The molecule has 4 heteroatoms. The van der Waals surface area contributed by atoms with Crippen molar-refractivity contribution >= 4 is 0 Å². The van der Waals surface area contributed by atoms with Gasteiger partial charge >= 0.3 is 0 Å². The summed E-state index contributed by atoms with van der Waals surface area (Å²) in [5.41, 5.74) is 2.63. The van der Waals surface area contributed by atoms with Crippen LogP contribution in [0.3, 0.4) is 0 Å². The van der Waals surface area contributed by atoms with Crippen LogP contribution in [0.2, 0.25) is 0 Å². The van der Waals surface area contributed by atoms with E-state index >= 15 is 0 Å². The Morgan fingerprint density at radius 1 is 1.07 bits per heavy atom. The number of benzene rings is 1. The molecule has 4 rings (SSSR count). The van der Waals surface area contributed by atoms with Gasteiger partial charge in [0.15, 0.2) is 0 Å². The van der Waals surface area contributed by atoms with Gasteiger partial charge in [0.1, 0.15) is 0 Å². The first-order valence-electron chi connectivity index (χ1n) is 10.2. The third-order valence-corrected chi connectivity index (χ3v) is 6.15. The molecule has 4 nitrogen and oxygen atoms in total. The zero-order valence-corrected chi connectivity index (χ0v) is 16.1. The first-order chi connectivity index (χ1) is 13.3. The van der Waals surface area contributed by atoms with E-state index in [1.807, 2.05) is 12.3 Å². The number of likely N-dealkylation sites (tertiary alicyclic amines) is 1. The van der Waals surface area contributed by atoms with Gasteiger partial charge in [-0.1, -0.05) is 36.4 Å². The molecule has 2 aliphatic heterocycles. The summed E-state index contributed by atoms with van der Waals surface area (Å²) in [5.74, 6) is 0.630. The number of rotatable bonds is 7. The molecular formula is C23H30N2O2. The molecule has 0 N–H and O–H groups in total. The van der Waals surface area contributed by atoms with Gasteiger partial charge in [-0.25, -0.2) is 0 Å². The molecule has 1 aromatic heterocycles. The lowest BCUT2D eigenvalue weighted by Crippen LogP contribution is -2.47. The molecular weight excluding hydrogens is 336 g/mol. The van der Waals surface area contributed by atoms with Crippen LogP contribution in [0, 0.1) is 5.92 Å². The normalized spacial score (nSPS) is 22.3. The van der Waals surface area contributed by atoms with Crippen LogP contribution in [-0.4, -0.2) is 41.8 Å². The molecule has 0 saturated carbocycles. The van der Waals surface area contributed by atoms with Crippen LogP contribution < -0.4 is 0 Å². The quantitative estimate of drug-likeness (QED) is 0.692. The van der Waals surface area contributed by atoms with Gasteiger partial charge in [-0.3, -0.25) is 9.88 Å². The van der Waals surface area contributed by atoms with E-state index in [0.29, 0.717) is 12.5 Å². The summed E-state index contributed by atoms with van der Waals surface area (Å²) in [7, 11) is 0. The molecule has 0 radical (unpaired) electrons. The molecule has 2 aliphatic rings. The average molecular weight is 367 g/mol. The maximum Gasteiger partial charge on any atom is 0.0736 e. The van der Waals surface area contributed by atoms with Crippen molar-refractivity contribution in [3.8, 4) is 0 Å². The number of ether oxygens (including phenoxy) is 2. The van der Waals surface area contributed by atoms with E-state index in [1.165, 1.54) is 12.0 Å². The standard InChI is InChI=1S/C23H30N2O2/c1-2-5-20(6-3-1)18-25-13-10-23(11-14-25)22(9-16-27-23)8-15-26-19-21-7-4-12-24-17-21/h1-7,12,17,22H,8-11,13-16,18-19H2/t22-/m1/s1. The first-order valence-corrected chi connectivity index (χ1v) is 10.2. The third-order valence-electron chi connectivity index (χ3n) is 6.15. The summed E-state index contributed by atoms with van der Waals surface area (Å²) in [4.78, 5) is 6.71. The van der Waals surface area contributed by atoms with E-state index in [4.69, 9.17) is 9.47 Å². The van der Waals surface area contributed by atoms with E-state index in [-0.39, 0.29) is 5.60 Å². The molecule has 1 atom stereocenters. The fraction of sp³-hybridized carbons (Fsp3) is 0.522. The Kier molecular flexibility index (Phi) is 6.17. The molecule has 1 spiro atoms. The number of hydrogen-bond acceptors (Lipinski definition) is 4. The lowest BCUT2D eigenvalue weighted by Gasteiger charge is -2.42. The topological polar surface area (TPSA) is 34.6 Å². The van der Waals surface area contributed by atoms with Crippen molar-refractivity contribution in [2.24, 2.45) is 5.92 Å². The Labute approximate surface area is 162 Å². The van der Waals surface area contributed by atoms with Gasteiger partial charge in [0, 0.05) is 45.2 Å². The second-order valence-electron chi connectivity index (χ2n) is 7.86. The maximum atomic E-state index is 6.32. The zero-order valence-electron chi connectivity index (χ0n) is 16.1. The highest BCUT2D eigenvalue weighted by Crippen LogP contribution is 2.42. The van der Waals surface area contributed by atoms with Crippen LogP contribution in [0.15, 0.2) is 54.9 Å². The van der Waals surface area contributed by atoms with Crippen LogP contribution in [-0.2, 0) is 22.6 Å². The van der Waals surface area contributed by atoms with Gasteiger partial charge in [-0.2, -0.15) is 0 Å². The summed E-state index contributed by atoms with van der Waals surface area (Å²) in [5, 5.41) is 0. The molecule has 2 saturated heterocycles. The molecule has 0 bridgehead atoms. The van der Waals surface area contributed by atoms with Gasteiger partial charge in [0.25, 0.3) is 0 Å². The number of nitrogens with zero attached hydrogens (tertiary/aromatic N) is 2. The Morgan fingerprint density at radius 2 is 1.89 bits per heavy atom. The summed E-state index contributed by atoms with van der Waals surface area (Å²) < 4.78 is 12.2. The SMILES string of the molecule is c1ccc(CN2CCC3(CC2)OCC[C@H]3CCOCc2cccnc2)cc1. The minimum Gasteiger partial charge on any atom is -0.377 e. The Bertz CT molecular complexity index is 684. The molecule has 2 aromatic rings. The molecule has 0 unspecified atom stereocenters. The zero-order chi connectivity index (χ0) is 18.4. The molecule has 27 heavy (non-hydrogen) atoms. The molecule has 2 fully saturated rings. The fourth-order valence-electron chi connectivity index (χ4n) is 4.58. The van der Waals surface area contributed by atoms with Gasteiger partial charge < -0.3 is 9.47 Å². The third kappa shape index (κ3) is 4.75. The largest absolute Gasteiger partial charge is 0.377 e. The van der Waals surface area contributed by atoms with E-state index in [1.54, 1.807) is 6.20 Å². The summed E-state index contributed by atoms with van der Waals surface area (Å²) in [6, 6.07) is 14.8. The predicted octanol–water partition coefficient (Wildman–Crippen LogP) is 4.06. The molecule has 1 aromatic carbocycles. The maximum absolute atomic E-state index is 6.32. The van der Waals surface area contributed by atoms with Crippen LogP contribution >= 0.6 is 0 Å². The van der Waals surface area contributed by atoms with E-state index < -0.39 is 0 Å². The Balaban J connectivity index is 1.23. The highest BCUT2D eigenvalue weighted by molar-refractivity contribution is 5.14. The van der Waals surface area contributed by atoms with Crippen LogP contribution in [0.25, 0.3) is 0 Å². The summed E-state index contributed by atoms with van der Waals surface area (Å²) >= 11 is 0. The highest BCUT2D eigenvalue weighted by atomic mass is 16.5. The highest BCUT2D eigenvalue weighted by Gasteiger charge is 2.45. The summed E-state index contributed by atoms with van der Waals surface area (Å²) in [6.45, 7) is 5.67. The predicted molar refractivity (Wildman–Crippen MR) is 106 cm³/mol. The van der Waals surface area contributed by atoms with Crippen molar-refractivity contribution in [1.29, 1.82) is 0 Å². The lowest BCUT2D eigenvalue weighted by atomic mass is 9.78. The second kappa shape index (κ2) is 8.96. The first kappa shape index (κ1) is 18.6. The summed E-state index contributed by atoms with van der Waals surface area (Å²) in [6.07, 6.45) is 8.24. The molecule has 0 aliphatic carbocycles. The Morgan fingerprint density at radius 3 is 2.67 bits per heavy atom. The molecule has 144 valence electrons. The van der Waals surface area contributed by atoms with Crippen LogP contribution in [0.4, 0.5) is 0 Å². The van der Waals surface area contributed by atoms with E-state index in [9.17, 15) is 0 Å². The monoisotopic (exact) mass is 366 g/mol. The average Bonchev–Trinajstić information content (AvgIpc) is 3.11. The van der Waals surface area contributed by atoms with Gasteiger partial charge in [-0.15, -0.1) is 0 Å². The van der Waals surface area contributed by atoms with E-state index in [2.05, 4.69) is 46.3 Å². The number of piperidine rings is 1. The van der Waals surface area contributed by atoms with Crippen molar-refractivity contribution in [2.45, 2.75) is 44.4 Å². The van der Waals surface area contributed by atoms with Crippen molar-refractivity contribution in [2.75, 3.05) is 26.3 Å². The number of aromatic nitrogens is 1. The van der Waals surface area contributed by atoms with Gasteiger partial charge in [-0.05, 0) is 48.8 Å². The van der Waals surface area contributed by atoms with Crippen molar-refractivity contribution < 1.29 is 9.47 Å². The lowest BCUT2D eigenvalue weighted by molar-refractivity contribution is -0.0733. The van der Waals surface area contributed by atoms with Gasteiger partial charge in [0.2, 0.25) is 0 Å². The molecule has 3 heterocycles. The Hall–Kier alpha value is -1.75. The van der Waals surface area contributed by atoms with Gasteiger partial charge in [0.05, 0.1) is 12.2 Å². The van der Waals surface area contributed by atoms with Crippen LogP contribution in [0.5, 0.6) is 0 Å². The van der Waals surface area contributed by atoms with Crippen molar-refractivity contribution in [3.63, 3.8) is 0 Å². The second-order valence-corrected chi connectivity index (χ2v) is 7.86. The number of pyridine rings is 1. The minimum absolute atomic E-state index is 0.0881. The molecule has 0 amide bonds.